The highest BCUT2D eigenvalue weighted by Crippen LogP contribution is 2.51. The molecule has 2 amide bonds. The number of hydrogen-bond donors (Lipinski definition) is 0. The van der Waals surface area contributed by atoms with Crippen LogP contribution in [0.15, 0.2) is 28.7 Å². The maximum absolute atomic E-state index is 13.6. The van der Waals surface area contributed by atoms with Crippen molar-refractivity contribution in [3.05, 3.63) is 34.3 Å². The fourth-order valence-corrected chi connectivity index (χ4v) is 5.33. The van der Waals surface area contributed by atoms with E-state index in [-0.39, 0.29) is 23.6 Å². The minimum atomic E-state index is -0.655. The summed E-state index contributed by atoms with van der Waals surface area (Å²) in [5, 5.41) is 0. The fraction of sp³-hybridized carbons (Fsp3) is 0.522. The SMILES string of the molecule is CC(C)(C)C(=O)[C@H]1[C@H]2C(=O)N(C(C)(C)C)C(=O)[C@@H]2[C@H]2C=Cc3cc(Br)ccc3N21. The number of benzene rings is 1. The molecule has 4 atom stereocenters. The van der Waals surface area contributed by atoms with Gasteiger partial charge >= 0.3 is 0 Å². The molecule has 3 aliphatic heterocycles. The Bertz CT molecular complexity index is 954. The Labute approximate surface area is 180 Å². The maximum atomic E-state index is 13.6. The Morgan fingerprint density at radius 1 is 1.00 bits per heavy atom. The van der Waals surface area contributed by atoms with Gasteiger partial charge in [-0.1, -0.05) is 48.9 Å². The van der Waals surface area contributed by atoms with Crippen LogP contribution >= 0.6 is 15.9 Å². The van der Waals surface area contributed by atoms with E-state index in [1.807, 2.05) is 76.8 Å². The molecule has 0 saturated carbocycles. The zero-order valence-electron chi connectivity index (χ0n) is 17.7. The summed E-state index contributed by atoms with van der Waals surface area (Å²) >= 11 is 3.50. The van der Waals surface area contributed by atoms with E-state index in [0.717, 1.165) is 15.7 Å². The standard InChI is InChI=1S/C23H27BrN2O3/c1-22(2,3)19(27)18-17-16(20(28)26(21(17)29)23(4,5)6)15-9-7-12-11-13(24)8-10-14(12)25(15)18/h7-11,15-18H,1-6H3/t15-,16-,17+,18-/m1/s1. The number of carbonyl (C=O) groups excluding carboxylic acids is 3. The van der Waals surface area contributed by atoms with Crippen LogP contribution in [0.25, 0.3) is 6.08 Å². The third kappa shape index (κ3) is 2.90. The molecular weight excluding hydrogens is 432 g/mol. The van der Waals surface area contributed by atoms with E-state index in [9.17, 15) is 14.4 Å². The van der Waals surface area contributed by atoms with Crippen molar-refractivity contribution in [1.82, 2.24) is 4.90 Å². The van der Waals surface area contributed by atoms with Gasteiger partial charge < -0.3 is 4.90 Å². The molecule has 0 spiro atoms. The summed E-state index contributed by atoms with van der Waals surface area (Å²) in [6, 6.07) is 4.95. The smallest absolute Gasteiger partial charge is 0.236 e. The first-order valence-electron chi connectivity index (χ1n) is 10.0. The van der Waals surface area contributed by atoms with Crippen molar-refractivity contribution < 1.29 is 14.4 Å². The summed E-state index contributed by atoms with van der Waals surface area (Å²) < 4.78 is 0.948. The van der Waals surface area contributed by atoms with E-state index in [1.165, 1.54) is 4.90 Å². The number of hydrogen-bond acceptors (Lipinski definition) is 4. The van der Waals surface area contributed by atoms with Crippen LogP contribution in [-0.4, -0.2) is 40.1 Å². The highest BCUT2D eigenvalue weighted by Gasteiger charge is 2.65. The van der Waals surface area contributed by atoms with Gasteiger partial charge in [-0.25, -0.2) is 0 Å². The number of rotatable bonds is 1. The van der Waals surface area contributed by atoms with Crippen molar-refractivity contribution in [1.29, 1.82) is 0 Å². The summed E-state index contributed by atoms with van der Waals surface area (Å²) in [6.45, 7) is 11.2. The molecule has 29 heavy (non-hydrogen) atoms. The first-order valence-corrected chi connectivity index (χ1v) is 10.8. The van der Waals surface area contributed by atoms with Gasteiger partial charge in [-0.15, -0.1) is 0 Å². The lowest BCUT2D eigenvalue weighted by atomic mass is 9.79. The average Bonchev–Trinajstić information content (AvgIpc) is 3.06. The van der Waals surface area contributed by atoms with Crippen LogP contribution in [-0.2, 0) is 14.4 Å². The normalized spacial score (nSPS) is 28.5. The minimum absolute atomic E-state index is 0.00363. The molecule has 0 radical (unpaired) electrons. The topological polar surface area (TPSA) is 57.7 Å². The second-order valence-corrected chi connectivity index (χ2v) is 11.2. The number of ketones is 1. The predicted octanol–water partition coefficient (Wildman–Crippen LogP) is 4.05. The molecule has 1 aromatic carbocycles. The van der Waals surface area contributed by atoms with Crippen molar-refractivity contribution in [2.24, 2.45) is 17.3 Å². The molecule has 0 N–H and O–H groups in total. The summed E-state index contributed by atoms with van der Waals surface area (Å²) in [4.78, 5) is 43.9. The molecule has 3 heterocycles. The van der Waals surface area contributed by atoms with Gasteiger partial charge in [0.05, 0.1) is 17.9 Å². The Hall–Kier alpha value is -1.95. The number of halogens is 1. The first-order chi connectivity index (χ1) is 13.3. The lowest BCUT2D eigenvalue weighted by Gasteiger charge is -2.40. The number of likely N-dealkylation sites (tertiary alicyclic amines) is 1. The number of imide groups is 1. The monoisotopic (exact) mass is 458 g/mol. The molecule has 0 bridgehead atoms. The molecule has 0 unspecified atom stereocenters. The van der Waals surface area contributed by atoms with E-state index in [4.69, 9.17) is 0 Å². The Kier molecular flexibility index (Phi) is 4.40. The van der Waals surface area contributed by atoms with Gasteiger partial charge in [0.1, 0.15) is 6.04 Å². The van der Waals surface area contributed by atoms with E-state index in [0.29, 0.717) is 0 Å². The zero-order valence-corrected chi connectivity index (χ0v) is 19.3. The third-order valence-corrected chi connectivity index (χ3v) is 6.64. The second kappa shape index (κ2) is 6.27. The number of carbonyl (C=O) groups is 3. The second-order valence-electron chi connectivity index (χ2n) is 10.3. The molecule has 2 fully saturated rings. The summed E-state index contributed by atoms with van der Waals surface area (Å²) in [5.41, 5.74) is 0.648. The van der Waals surface area contributed by atoms with Gasteiger partial charge in [0.25, 0.3) is 0 Å². The molecule has 5 nitrogen and oxygen atoms in total. The molecule has 0 aliphatic carbocycles. The van der Waals surface area contributed by atoms with Crippen LogP contribution in [0.4, 0.5) is 5.69 Å². The number of nitrogens with zero attached hydrogens (tertiary/aromatic N) is 2. The lowest BCUT2D eigenvalue weighted by Crippen LogP contribution is -2.54. The number of Topliss-reactive ketones (excluding diaryl/α,β-unsaturated/α-hetero) is 1. The third-order valence-electron chi connectivity index (χ3n) is 6.15. The van der Waals surface area contributed by atoms with Gasteiger partial charge in [0.2, 0.25) is 11.8 Å². The predicted molar refractivity (Wildman–Crippen MR) is 116 cm³/mol. The van der Waals surface area contributed by atoms with Crippen molar-refractivity contribution in [2.45, 2.75) is 59.2 Å². The summed E-state index contributed by atoms with van der Waals surface area (Å²) in [5.74, 6) is -1.59. The molecule has 4 rings (SSSR count). The molecule has 0 aromatic heterocycles. The van der Waals surface area contributed by atoms with Crippen molar-refractivity contribution in [3.63, 3.8) is 0 Å². The van der Waals surface area contributed by atoms with Gasteiger partial charge in [-0.2, -0.15) is 0 Å². The molecule has 3 aliphatic rings. The van der Waals surface area contributed by atoms with Gasteiger partial charge in [0.15, 0.2) is 5.78 Å². The van der Waals surface area contributed by atoms with Crippen LogP contribution in [0.5, 0.6) is 0 Å². The van der Waals surface area contributed by atoms with Crippen molar-refractivity contribution in [2.75, 3.05) is 4.90 Å². The highest BCUT2D eigenvalue weighted by molar-refractivity contribution is 9.10. The van der Waals surface area contributed by atoms with E-state index in [1.54, 1.807) is 0 Å². The lowest BCUT2D eigenvalue weighted by molar-refractivity contribution is -0.146. The largest absolute Gasteiger partial charge is 0.353 e. The molecule has 154 valence electrons. The quantitative estimate of drug-likeness (QED) is 0.595. The van der Waals surface area contributed by atoms with Gasteiger partial charge in [0, 0.05) is 21.1 Å². The molecular formula is C23H27BrN2O3. The van der Waals surface area contributed by atoms with Crippen LogP contribution in [0.1, 0.15) is 47.1 Å². The van der Waals surface area contributed by atoms with E-state index >= 15 is 0 Å². The number of anilines is 1. The Balaban J connectivity index is 1.90. The molecule has 2 saturated heterocycles. The van der Waals surface area contributed by atoms with Crippen LogP contribution < -0.4 is 4.90 Å². The number of amides is 2. The van der Waals surface area contributed by atoms with Gasteiger partial charge in [-0.05, 0) is 44.5 Å². The van der Waals surface area contributed by atoms with Crippen molar-refractivity contribution in [3.8, 4) is 0 Å². The first kappa shape index (κ1) is 20.3. The van der Waals surface area contributed by atoms with E-state index in [2.05, 4.69) is 15.9 Å². The van der Waals surface area contributed by atoms with Crippen molar-refractivity contribution >= 4 is 45.3 Å². The van der Waals surface area contributed by atoms with Crippen LogP contribution in [0.2, 0.25) is 0 Å². The molecule has 1 aromatic rings. The summed E-state index contributed by atoms with van der Waals surface area (Å²) in [7, 11) is 0. The average molecular weight is 459 g/mol. The summed E-state index contributed by atoms with van der Waals surface area (Å²) in [6.07, 6.45) is 3.99. The maximum Gasteiger partial charge on any atom is 0.236 e. The zero-order chi connectivity index (χ0) is 21.5. The fourth-order valence-electron chi connectivity index (χ4n) is 4.95. The van der Waals surface area contributed by atoms with Crippen LogP contribution in [0.3, 0.4) is 0 Å². The van der Waals surface area contributed by atoms with Gasteiger partial charge in [-0.3, -0.25) is 19.3 Å². The Morgan fingerprint density at radius 2 is 1.62 bits per heavy atom. The molecule has 6 heteroatoms. The van der Waals surface area contributed by atoms with E-state index < -0.39 is 28.8 Å². The number of fused-ring (bicyclic) bond motifs is 5. The van der Waals surface area contributed by atoms with Crippen LogP contribution in [0, 0.1) is 17.3 Å². The highest BCUT2D eigenvalue weighted by atomic mass is 79.9. The minimum Gasteiger partial charge on any atom is -0.353 e. The Morgan fingerprint density at radius 3 is 2.21 bits per heavy atom.